The molecule has 1 heterocycles. The predicted molar refractivity (Wildman–Crippen MR) is 75.3 cm³/mol. The van der Waals surface area contributed by atoms with E-state index in [1.54, 1.807) is 16.8 Å². The van der Waals surface area contributed by atoms with Gasteiger partial charge in [-0.15, -0.1) is 0 Å². The van der Waals surface area contributed by atoms with Gasteiger partial charge in [0.2, 0.25) is 0 Å². The summed E-state index contributed by atoms with van der Waals surface area (Å²) in [6, 6.07) is 11.4. The SMILES string of the molecule is CCOc1cccn(Cc2ccc(CN)cc2)c1=O. The summed E-state index contributed by atoms with van der Waals surface area (Å²) in [6.07, 6.45) is 1.77. The standard InChI is InChI=1S/C15H18N2O2/c1-2-19-14-4-3-9-17(15(14)18)11-13-7-5-12(10-16)6-8-13/h3-9H,2,10-11,16H2,1H3. The molecule has 0 amide bonds. The topological polar surface area (TPSA) is 57.2 Å². The smallest absolute Gasteiger partial charge is 0.293 e. The van der Waals surface area contributed by atoms with Crippen molar-refractivity contribution in [3.8, 4) is 5.75 Å². The van der Waals surface area contributed by atoms with Crippen LogP contribution in [0.15, 0.2) is 47.4 Å². The Bertz CT molecular complexity index is 588. The number of hydrogen-bond donors (Lipinski definition) is 1. The molecule has 2 N–H and O–H groups in total. The molecule has 0 radical (unpaired) electrons. The van der Waals surface area contributed by atoms with Crippen LogP contribution >= 0.6 is 0 Å². The van der Waals surface area contributed by atoms with Crippen molar-refractivity contribution in [2.75, 3.05) is 6.61 Å². The summed E-state index contributed by atoms with van der Waals surface area (Å²) in [7, 11) is 0. The van der Waals surface area contributed by atoms with E-state index in [9.17, 15) is 4.79 Å². The summed E-state index contributed by atoms with van der Waals surface area (Å²) in [5.41, 5.74) is 7.60. The van der Waals surface area contributed by atoms with Gasteiger partial charge in [0, 0.05) is 12.7 Å². The number of pyridine rings is 1. The fourth-order valence-corrected chi connectivity index (χ4v) is 1.88. The second-order valence-corrected chi connectivity index (χ2v) is 4.26. The van der Waals surface area contributed by atoms with Crippen molar-refractivity contribution < 1.29 is 4.74 Å². The number of benzene rings is 1. The van der Waals surface area contributed by atoms with Gasteiger partial charge in [0.1, 0.15) is 0 Å². The molecule has 0 aliphatic carbocycles. The van der Waals surface area contributed by atoms with E-state index in [1.807, 2.05) is 37.3 Å². The molecule has 0 saturated heterocycles. The van der Waals surface area contributed by atoms with Crippen molar-refractivity contribution in [1.82, 2.24) is 4.57 Å². The highest BCUT2D eigenvalue weighted by Crippen LogP contribution is 2.07. The molecule has 2 rings (SSSR count). The van der Waals surface area contributed by atoms with E-state index in [1.165, 1.54) is 0 Å². The first-order valence-electron chi connectivity index (χ1n) is 6.34. The van der Waals surface area contributed by atoms with Gasteiger partial charge in [0.05, 0.1) is 13.2 Å². The van der Waals surface area contributed by atoms with E-state index in [0.717, 1.165) is 11.1 Å². The minimum absolute atomic E-state index is 0.104. The van der Waals surface area contributed by atoms with E-state index in [-0.39, 0.29) is 5.56 Å². The molecule has 0 aliphatic rings. The average Bonchev–Trinajstić information content (AvgIpc) is 2.44. The Balaban J connectivity index is 2.22. The van der Waals surface area contributed by atoms with E-state index < -0.39 is 0 Å². The van der Waals surface area contributed by atoms with Crippen molar-refractivity contribution in [2.24, 2.45) is 5.73 Å². The van der Waals surface area contributed by atoms with Crippen LogP contribution in [0, 0.1) is 0 Å². The highest BCUT2D eigenvalue weighted by Gasteiger charge is 2.04. The zero-order chi connectivity index (χ0) is 13.7. The fraction of sp³-hybridized carbons (Fsp3) is 0.267. The molecule has 19 heavy (non-hydrogen) atoms. The molecule has 4 heteroatoms. The lowest BCUT2D eigenvalue weighted by Crippen LogP contribution is -2.21. The first-order valence-corrected chi connectivity index (χ1v) is 6.34. The molecule has 0 unspecified atom stereocenters. The van der Waals surface area contributed by atoms with Crippen LogP contribution in [-0.2, 0) is 13.1 Å². The first-order chi connectivity index (χ1) is 9.24. The number of nitrogens with two attached hydrogens (primary N) is 1. The van der Waals surface area contributed by atoms with Gasteiger partial charge in [-0.05, 0) is 30.2 Å². The van der Waals surface area contributed by atoms with Crippen molar-refractivity contribution in [2.45, 2.75) is 20.0 Å². The van der Waals surface area contributed by atoms with Crippen LogP contribution < -0.4 is 16.0 Å². The zero-order valence-electron chi connectivity index (χ0n) is 11.0. The van der Waals surface area contributed by atoms with E-state index >= 15 is 0 Å². The fourth-order valence-electron chi connectivity index (χ4n) is 1.88. The van der Waals surface area contributed by atoms with E-state index in [4.69, 9.17) is 10.5 Å². The van der Waals surface area contributed by atoms with Crippen molar-refractivity contribution in [3.05, 3.63) is 64.1 Å². The molecule has 0 spiro atoms. The quantitative estimate of drug-likeness (QED) is 0.889. The molecule has 0 atom stereocenters. The molecule has 0 fully saturated rings. The number of hydrogen-bond acceptors (Lipinski definition) is 3. The summed E-state index contributed by atoms with van der Waals surface area (Å²) in [6.45, 7) is 3.41. The summed E-state index contributed by atoms with van der Waals surface area (Å²) in [4.78, 5) is 12.1. The maximum atomic E-state index is 12.1. The van der Waals surface area contributed by atoms with Crippen LogP contribution in [-0.4, -0.2) is 11.2 Å². The van der Waals surface area contributed by atoms with Crippen LogP contribution in [0.1, 0.15) is 18.1 Å². The molecule has 100 valence electrons. The van der Waals surface area contributed by atoms with Gasteiger partial charge in [0.25, 0.3) is 5.56 Å². The predicted octanol–water partition coefficient (Wildman–Crippen LogP) is 1.75. The molecule has 2 aromatic rings. The zero-order valence-corrected chi connectivity index (χ0v) is 11.0. The molecular weight excluding hydrogens is 240 g/mol. The lowest BCUT2D eigenvalue weighted by atomic mass is 10.1. The number of nitrogens with zero attached hydrogens (tertiary/aromatic N) is 1. The molecule has 1 aromatic heterocycles. The maximum absolute atomic E-state index is 12.1. The summed E-state index contributed by atoms with van der Waals surface area (Å²) in [5.74, 6) is 0.392. The molecule has 1 aromatic carbocycles. The third-order valence-electron chi connectivity index (χ3n) is 2.90. The van der Waals surface area contributed by atoms with Crippen molar-refractivity contribution in [1.29, 1.82) is 0 Å². The average molecular weight is 258 g/mol. The molecular formula is C15H18N2O2. The van der Waals surface area contributed by atoms with Gasteiger partial charge < -0.3 is 15.0 Å². The Kier molecular flexibility index (Phi) is 4.36. The summed E-state index contributed by atoms with van der Waals surface area (Å²) < 4.78 is 6.94. The Morgan fingerprint density at radius 3 is 2.47 bits per heavy atom. The van der Waals surface area contributed by atoms with Crippen molar-refractivity contribution >= 4 is 0 Å². The highest BCUT2D eigenvalue weighted by atomic mass is 16.5. The van der Waals surface area contributed by atoms with Crippen molar-refractivity contribution in [3.63, 3.8) is 0 Å². The number of aromatic nitrogens is 1. The summed E-state index contributed by atoms with van der Waals surface area (Å²) in [5, 5.41) is 0. The van der Waals surface area contributed by atoms with E-state index in [2.05, 4.69) is 0 Å². The maximum Gasteiger partial charge on any atom is 0.293 e. The normalized spacial score (nSPS) is 10.4. The summed E-state index contributed by atoms with van der Waals surface area (Å²) >= 11 is 0. The van der Waals surface area contributed by atoms with Crippen LogP contribution in [0.3, 0.4) is 0 Å². The van der Waals surface area contributed by atoms with Crippen LogP contribution in [0.4, 0.5) is 0 Å². The Hall–Kier alpha value is -2.07. The third-order valence-corrected chi connectivity index (χ3v) is 2.90. The Morgan fingerprint density at radius 1 is 1.16 bits per heavy atom. The molecule has 0 bridgehead atoms. The monoisotopic (exact) mass is 258 g/mol. The second kappa shape index (κ2) is 6.20. The minimum Gasteiger partial charge on any atom is -0.488 e. The van der Waals surface area contributed by atoms with Crippen LogP contribution in [0.5, 0.6) is 5.75 Å². The van der Waals surface area contributed by atoms with Gasteiger partial charge in [-0.1, -0.05) is 24.3 Å². The molecule has 4 nitrogen and oxygen atoms in total. The van der Waals surface area contributed by atoms with Crippen LogP contribution in [0.25, 0.3) is 0 Å². The highest BCUT2D eigenvalue weighted by molar-refractivity contribution is 5.24. The minimum atomic E-state index is -0.104. The van der Waals surface area contributed by atoms with Gasteiger partial charge in [0.15, 0.2) is 5.75 Å². The Morgan fingerprint density at radius 2 is 1.84 bits per heavy atom. The van der Waals surface area contributed by atoms with Gasteiger partial charge in [-0.2, -0.15) is 0 Å². The molecule has 0 saturated carbocycles. The third kappa shape index (κ3) is 3.23. The lowest BCUT2D eigenvalue weighted by molar-refractivity contribution is 0.332. The number of ether oxygens (including phenoxy) is 1. The van der Waals surface area contributed by atoms with Crippen LogP contribution in [0.2, 0.25) is 0 Å². The van der Waals surface area contributed by atoms with E-state index in [0.29, 0.717) is 25.4 Å². The van der Waals surface area contributed by atoms with Gasteiger partial charge >= 0.3 is 0 Å². The first kappa shape index (κ1) is 13.4. The molecule has 0 aliphatic heterocycles. The lowest BCUT2D eigenvalue weighted by Gasteiger charge is -2.09. The number of rotatable bonds is 5. The second-order valence-electron chi connectivity index (χ2n) is 4.26. The Labute approximate surface area is 112 Å². The van der Waals surface area contributed by atoms with Gasteiger partial charge in [-0.3, -0.25) is 4.79 Å². The van der Waals surface area contributed by atoms with Gasteiger partial charge in [-0.25, -0.2) is 0 Å². The largest absolute Gasteiger partial charge is 0.488 e.